The fourth-order valence-electron chi connectivity index (χ4n) is 2.08. The summed E-state index contributed by atoms with van der Waals surface area (Å²) in [6.07, 6.45) is 2.89. The number of halogens is 6. The van der Waals surface area contributed by atoms with Gasteiger partial charge in [0.05, 0.1) is 33.3 Å². The Kier molecular flexibility index (Phi) is 9.73. The molecule has 6 nitrogen and oxygen atoms in total. The van der Waals surface area contributed by atoms with Gasteiger partial charge in [0.1, 0.15) is 5.52 Å². The van der Waals surface area contributed by atoms with Gasteiger partial charge in [-0.3, -0.25) is 14.5 Å². The van der Waals surface area contributed by atoms with Crippen LogP contribution in [-0.2, 0) is 4.57 Å². The summed E-state index contributed by atoms with van der Waals surface area (Å²) >= 11 is 23.4. The van der Waals surface area contributed by atoms with E-state index < -0.39 is 3.25 Å². The molecule has 0 radical (unpaired) electrons. The maximum absolute atomic E-state index is 11.2. The van der Waals surface area contributed by atoms with E-state index in [1.165, 1.54) is 6.20 Å². The van der Waals surface area contributed by atoms with Crippen LogP contribution in [0.25, 0.3) is 21.8 Å². The van der Waals surface area contributed by atoms with Gasteiger partial charge in [-0.05, 0) is 34.1 Å². The molecule has 0 aliphatic rings. The lowest BCUT2D eigenvalue weighted by Gasteiger charge is -1.98. The van der Waals surface area contributed by atoms with Crippen LogP contribution in [-0.4, -0.2) is 20.4 Å². The quantitative estimate of drug-likeness (QED) is 0.188. The number of aromatic nitrogens is 4. The van der Waals surface area contributed by atoms with E-state index in [2.05, 4.69) is 82.8 Å². The number of fused-ring (bicyclic) bond motifs is 2. The first-order chi connectivity index (χ1) is 13.6. The van der Waals surface area contributed by atoms with Gasteiger partial charge in [0.15, 0.2) is 0 Å². The van der Waals surface area contributed by atoms with Crippen LogP contribution in [0.2, 0.25) is 10.0 Å². The number of nitrogens with zero attached hydrogens (tertiary/aromatic N) is 3. The minimum atomic E-state index is -2.20. The predicted molar refractivity (Wildman–Crippen MR) is 134 cm³/mol. The minimum absolute atomic E-state index is 0.119. The van der Waals surface area contributed by atoms with E-state index in [0.29, 0.717) is 20.9 Å². The second kappa shape index (κ2) is 11.3. The van der Waals surface area contributed by atoms with Crippen LogP contribution in [0.4, 0.5) is 0 Å². The van der Waals surface area contributed by atoms with Crippen molar-refractivity contribution in [3.8, 4) is 0 Å². The summed E-state index contributed by atoms with van der Waals surface area (Å²) in [5.74, 6) is 0. The van der Waals surface area contributed by atoms with Crippen LogP contribution in [0.15, 0.2) is 58.1 Å². The lowest BCUT2D eigenvalue weighted by Crippen LogP contribution is -2.02. The molecular formula is C16H9Br4Cl2N4O2P. The SMILES string of the molecule is Clc1cccc2c(Br)cnnc12.O=P(Br)(Br)Br.O=c1cn[nH]c2c(Cl)cccc12. The molecule has 0 aliphatic carbocycles. The van der Waals surface area contributed by atoms with Gasteiger partial charge in [-0.1, -0.05) is 41.4 Å². The number of nitrogens with one attached hydrogen (secondary N) is 1. The van der Waals surface area contributed by atoms with Gasteiger partial charge in [-0.2, -0.15) is 10.2 Å². The van der Waals surface area contributed by atoms with Gasteiger partial charge in [0.2, 0.25) is 5.43 Å². The summed E-state index contributed by atoms with van der Waals surface area (Å²) in [6.45, 7) is 0. The summed E-state index contributed by atoms with van der Waals surface area (Å²) < 4.78 is 8.68. The molecule has 2 heterocycles. The maximum atomic E-state index is 11.2. The van der Waals surface area contributed by atoms with Crippen molar-refractivity contribution in [1.82, 2.24) is 20.4 Å². The monoisotopic (exact) mass is 706 g/mol. The van der Waals surface area contributed by atoms with Gasteiger partial charge in [0.25, 0.3) is 3.25 Å². The zero-order valence-corrected chi connectivity index (χ0v) is 22.7. The first kappa shape index (κ1) is 24.9. The first-order valence-electron chi connectivity index (χ1n) is 7.44. The Labute approximate surface area is 207 Å². The molecule has 2 aromatic carbocycles. The highest BCUT2D eigenvalue weighted by Gasteiger charge is 2.03. The van der Waals surface area contributed by atoms with E-state index in [4.69, 9.17) is 23.2 Å². The normalized spacial score (nSPS) is 10.7. The Morgan fingerprint density at radius 2 is 1.52 bits per heavy atom. The average Bonchev–Trinajstić information content (AvgIpc) is 2.63. The minimum Gasteiger partial charge on any atom is -0.287 e. The number of aromatic amines is 1. The van der Waals surface area contributed by atoms with E-state index in [1.807, 2.05) is 12.1 Å². The third-order valence-electron chi connectivity index (χ3n) is 3.21. The van der Waals surface area contributed by atoms with Crippen molar-refractivity contribution in [2.24, 2.45) is 0 Å². The Bertz CT molecular complexity index is 1200. The Morgan fingerprint density at radius 1 is 0.931 bits per heavy atom. The topological polar surface area (TPSA) is 88.6 Å². The molecule has 0 bridgehead atoms. The first-order valence-corrected chi connectivity index (χ1v) is 16.8. The van der Waals surface area contributed by atoms with Crippen LogP contribution in [0.3, 0.4) is 0 Å². The van der Waals surface area contributed by atoms with Crippen molar-refractivity contribution in [3.63, 3.8) is 0 Å². The third kappa shape index (κ3) is 8.01. The molecule has 0 saturated carbocycles. The molecule has 152 valence electrons. The molecule has 2 aromatic heterocycles. The van der Waals surface area contributed by atoms with E-state index in [-0.39, 0.29) is 5.43 Å². The van der Waals surface area contributed by atoms with Crippen LogP contribution < -0.4 is 5.43 Å². The van der Waals surface area contributed by atoms with Crippen LogP contribution in [0.1, 0.15) is 0 Å². The molecule has 4 rings (SSSR count). The second-order valence-electron chi connectivity index (χ2n) is 5.12. The standard InChI is InChI=1S/C8H4BrClN2.C8H5ClN2O.Br3OP/c9-6-4-11-12-8-5(6)2-1-3-7(8)10;9-6-3-1-2-5-7(12)4-10-11-8(5)6;1-5(2,3)4/h1-4H;1-4H,(H,11,12);. The van der Waals surface area contributed by atoms with E-state index in [9.17, 15) is 9.36 Å². The molecule has 1 N–H and O–H groups in total. The fourth-order valence-corrected chi connectivity index (χ4v) is 2.93. The summed E-state index contributed by atoms with van der Waals surface area (Å²) in [4.78, 5) is 11.2. The molecule has 0 aliphatic heterocycles. The Morgan fingerprint density at radius 3 is 2.10 bits per heavy atom. The highest BCUT2D eigenvalue weighted by atomic mass is 80.0. The molecular weight excluding hydrogens is 702 g/mol. The van der Waals surface area contributed by atoms with Gasteiger partial charge >= 0.3 is 0 Å². The molecule has 0 spiro atoms. The molecule has 0 amide bonds. The lowest BCUT2D eigenvalue weighted by molar-refractivity contribution is 0.603. The highest BCUT2D eigenvalue weighted by molar-refractivity contribution is 9.94. The molecule has 0 unspecified atom stereocenters. The zero-order valence-electron chi connectivity index (χ0n) is 14.0. The second-order valence-corrected chi connectivity index (χ2v) is 25.1. The summed E-state index contributed by atoms with van der Waals surface area (Å²) in [5.41, 5.74) is 1.20. The summed E-state index contributed by atoms with van der Waals surface area (Å²) in [5, 5.41) is 16.7. The van der Waals surface area contributed by atoms with Gasteiger partial charge in [0, 0.05) is 56.3 Å². The highest BCUT2D eigenvalue weighted by Crippen LogP contribution is 2.68. The fraction of sp³-hybridized carbons (Fsp3) is 0. The molecule has 0 saturated heterocycles. The van der Waals surface area contributed by atoms with Gasteiger partial charge < -0.3 is 0 Å². The average molecular weight is 711 g/mol. The molecule has 0 fully saturated rings. The molecule has 0 atom stereocenters. The Hall–Kier alpha value is -0.350. The molecule has 4 aromatic rings. The van der Waals surface area contributed by atoms with Crippen molar-refractivity contribution < 1.29 is 4.57 Å². The van der Waals surface area contributed by atoms with Crippen molar-refractivity contribution in [1.29, 1.82) is 0 Å². The van der Waals surface area contributed by atoms with Gasteiger partial charge in [-0.15, -0.1) is 5.10 Å². The summed E-state index contributed by atoms with van der Waals surface area (Å²) in [6, 6.07) is 10.8. The number of rotatable bonds is 0. The Balaban J connectivity index is 0.000000170. The van der Waals surface area contributed by atoms with Crippen molar-refractivity contribution in [3.05, 3.63) is 73.5 Å². The van der Waals surface area contributed by atoms with Crippen LogP contribution in [0, 0.1) is 0 Å². The molecule has 29 heavy (non-hydrogen) atoms. The van der Waals surface area contributed by atoms with Gasteiger partial charge in [-0.25, -0.2) is 0 Å². The zero-order chi connectivity index (χ0) is 21.6. The number of hydrogen-bond donors (Lipinski definition) is 1. The smallest absolute Gasteiger partial charge is 0.268 e. The van der Waals surface area contributed by atoms with Crippen LogP contribution >= 0.6 is 88.8 Å². The molecule has 13 heteroatoms. The maximum Gasteiger partial charge on any atom is 0.268 e. The van der Waals surface area contributed by atoms with Crippen molar-refractivity contribution >= 4 is 111 Å². The van der Waals surface area contributed by atoms with E-state index >= 15 is 0 Å². The van der Waals surface area contributed by atoms with E-state index in [1.54, 1.807) is 30.5 Å². The number of H-pyrrole nitrogens is 1. The number of para-hydroxylation sites is 1. The largest absolute Gasteiger partial charge is 0.287 e. The van der Waals surface area contributed by atoms with Crippen LogP contribution in [0.5, 0.6) is 0 Å². The van der Waals surface area contributed by atoms with E-state index in [0.717, 1.165) is 15.4 Å². The number of hydrogen-bond acceptors (Lipinski definition) is 5. The summed E-state index contributed by atoms with van der Waals surface area (Å²) in [7, 11) is 0. The predicted octanol–water partition coefficient (Wildman–Crippen LogP) is 7.90. The van der Waals surface area contributed by atoms with Crippen molar-refractivity contribution in [2.75, 3.05) is 0 Å². The van der Waals surface area contributed by atoms with Crippen molar-refractivity contribution in [2.45, 2.75) is 0 Å². The lowest BCUT2D eigenvalue weighted by atomic mass is 10.2. The number of benzene rings is 2. The third-order valence-corrected chi connectivity index (χ3v) is 4.46.